The molecule has 2 heterocycles. The van der Waals surface area contributed by atoms with Crippen molar-refractivity contribution in [1.29, 1.82) is 0 Å². The van der Waals surface area contributed by atoms with Gasteiger partial charge in [-0.2, -0.15) is 0 Å². The highest BCUT2D eigenvalue weighted by Gasteiger charge is 2.27. The maximum Gasteiger partial charge on any atom is 0.191 e. The van der Waals surface area contributed by atoms with E-state index in [2.05, 4.69) is 26.7 Å². The maximum absolute atomic E-state index is 10.9. The number of aryl methyl sites for hydroxylation is 2. The van der Waals surface area contributed by atoms with Crippen LogP contribution < -0.4 is 10.6 Å². The van der Waals surface area contributed by atoms with E-state index in [1.807, 2.05) is 63.2 Å². The Morgan fingerprint density at radius 1 is 1.13 bits per heavy atom. The van der Waals surface area contributed by atoms with E-state index in [9.17, 15) is 5.11 Å². The molecule has 3 aromatic rings. The first-order chi connectivity index (χ1) is 14.4. The molecular formula is C24H30N4O2. The van der Waals surface area contributed by atoms with Crippen molar-refractivity contribution in [3.8, 4) is 11.3 Å². The largest absolute Gasteiger partial charge is 0.466 e. The number of aliphatic imine (C=N–C) groups is 1. The Kier molecular flexibility index (Phi) is 6.90. The molecule has 0 aliphatic carbocycles. The summed E-state index contributed by atoms with van der Waals surface area (Å²) in [6, 6.07) is 16.0. The van der Waals surface area contributed by atoms with Crippen molar-refractivity contribution in [2.75, 3.05) is 13.1 Å². The zero-order chi connectivity index (χ0) is 21.6. The smallest absolute Gasteiger partial charge is 0.191 e. The number of pyridine rings is 1. The Morgan fingerprint density at radius 3 is 2.63 bits per heavy atom. The van der Waals surface area contributed by atoms with E-state index < -0.39 is 5.60 Å². The van der Waals surface area contributed by atoms with Crippen LogP contribution in [0.15, 0.2) is 64.1 Å². The normalized spacial score (nSPS) is 13.7. The lowest BCUT2D eigenvalue weighted by Crippen LogP contribution is -2.44. The van der Waals surface area contributed by atoms with Gasteiger partial charge in [-0.15, -0.1) is 0 Å². The molecule has 158 valence electrons. The van der Waals surface area contributed by atoms with E-state index in [-0.39, 0.29) is 0 Å². The number of rotatable bonds is 7. The summed E-state index contributed by atoms with van der Waals surface area (Å²) >= 11 is 0. The van der Waals surface area contributed by atoms with Crippen molar-refractivity contribution >= 4 is 5.96 Å². The summed E-state index contributed by atoms with van der Waals surface area (Å²) in [6.45, 7) is 9.09. The van der Waals surface area contributed by atoms with Gasteiger partial charge in [0.2, 0.25) is 0 Å². The molecule has 0 bridgehead atoms. The Hall–Kier alpha value is -3.12. The lowest BCUT2D eigenvalue weighted by Gasteiger charge is -2.24. The number of aromatic nitrogens is 1. The second-order valence-electron chi connectivity index (χ2n) is 7.56. The van der Waals surface area contributed by atoms with Gasteiger partial charge in [-0.3, -0.25) is 4.98 Å². The molecule has 3 rings (SSSR count). The van der Waals surface area contributed by atoms with Gasteiger partial charge in [0, 0.05) is 23.9 Å². The van der Waals surface area contributed by atoms with E-state index in [0.717, 1.165) is 40.4 Å². The van der Waals surface area contributed by atoms with Crippen LogP contribution in [0, 0.1) is 13.8 Å². The standard InChI is InChI=1S/C24H30N4O2/c1-5-25-23(28-16-24(4,29)21-13-17(2)30-18(21)3)27-15-19-9-8-10-20(14-19)22-11-6-7-12-26-22/h6-14,29H,5,15-16H2,1-4H3,(H2,25,27,28). The average Bonchev–Trinajstić information content (AvgIpc) is 3.10. The molecule has 0 spiro atoms. The molecule has 1 atom stereocenters. The molecule has 1 aromatic carbocycles. The summed E-state index contributed by atoms with van der Waals surface area (Å²) in [6.07, 6.45) is 1.79. The SMILES string of the molecule is CCNC(=NCc1cccc(-c2ccccn2)c1)NCC(C)(O)c1cc(C)oc1C. The van der Waals surface area contributed by atoms with Crippen molar-refractivity contribution in [3.63, 3.8) is 0 Å². The Morgan fingerprint density at radius 2 is 1.97 bits per heavy atom. The van der Waals surface area contributed by atoms with E-state index in [0.29, 0.717) is 19.0 Å². The molecule has 3 N–H and O–H groups in total. The molecule has 0 saturated heterocycles. The summed E-state index contributed by atoms with van der Waals surface area (Å²) in [5.41, 5.74) is 2.80. The van der Waals surface area contributed by atoms with Crippen molar-refractivity contribution in [3.05, 3.63) is 77.4 Å². The number of aliphatic hydroxyl groups is 1. The third-order valence-corrected chi connectivity index (χ3v) is 4.87. The van der Waals surface area contributed by atoms with Crippen LogP contribution in [-0.4, -0.2) is 29.1 Å². The molecule has 6 nitrogen and oxygen atoms in total. The van der Waals surface area contributed by atoms with Crippen LogP contribution in [0.2, 0.25) is 0 Å². The van der Waals surface area contributed by atoms with Gasteiger partial charge in [-0.1, -0.05) is 24.3 Å². The Balaban J connectivity index is 1.70. The number of nitrogens with one attached hydrogen (secondary N) is 2. The fourth-order valence-corrected chi connectivity index (χ4v) is 3.39. The van der Waals surface area contributed by atoms with Gasteiger partial charge in [-0.25, -0.2) is 4.99 Å². The van der Waals surface area contributed by atoms with E-state index in [1.54, 1.807) is 13.1 Å². The van der Waals surface area contributed by atoms with Gasteiger partial charge in [-0.05, 0) is 57.5 Å². The minimum Gasteiger partial charge on any atom is -0.466 e. The predicted molar refractivity (Wildman–Crippen MR) is 120 cm³/mol. The fraction of sp³-hybridized carbons (Fsp3) is 0.333. The minimum atomic E-state index is -1.07. The molecule has 30 heavy (non-hydrogen) atoms. The number of benzene rings is 1. The molecule has 6 heteroatoms. The van der Waals surface area contributed by atoms with E-state index in [4.69, 9.17) is 4.42 Å². The zero-order valence-corrected chi connectivity index (χ0v) is 18.1. The lowest BCUT2D eigenvalue weighted by atomic mass is 9.96. The average molecular weight is 407 g/mol. The number of guanidine groups is 1. The highest BCUT2D eigenvalue weighted by atomic mass is 16.3. The van der Waals surface area contributed by atoms with Crippen molar-refractivity contribution < 1.29 is 9.52 Å². The predicted octanol–water partition coefficient (Wildman–Crippen LogP) is 3.92. The van der Waals surface area contributed by atoms with Crippen LogP contribution in [-0.2, 0) is 12.1 Å². The van der Waals surface area contributed by atoms with Crippen LogP contribution >= 0.6 is 0 Å². The van der Waals surface area contributed by atoms with Gasteiger partial charge in [0.25, 0.3) is 0 Å². The monoisotopic (exact) mass is 406 g/mol. The van der Waals surface area contributed by atoms with Gasteiger partial charge in [0.1, 0.15) is 17.1 Å². The van der Waals surface area contributed by atoms with Crippen molar-refractivity contribution in [2.24, 2.45) is 4.99 Å². The molecule has 1 unspecified atom stereocenters. The van der Waals surface area contributed by atoms with Crippen LogP contribution in [0.25, 0.3) is 11.3 Å². The minimum absolute atomic E-state index is 0.312. The summed E-state index contributed by atoms with van der Waals surface area (Å²) in [4.78, 5) is 9.10. The number of furan rings is 1. The number of hydrogen-bond donors (Lipinski definition) is 3. The van der Waals surface area contributed by atoms with Gasteiger partial charge in [0.15, 0.2) is 5.96 Å². The summed E-state index contributed by atoms with van der Waals surface area (Å²) in [5, 5.41) is 17.4. The lowest BCUT2D eigenvalue weighted by molar-refractivity contribution is 0.0601. The first-order valence-electron chi connectivity index (χ1n) is 10.2. The fourth-order valence-electron chi connectivity index (χ4n) is 3.39. The molecule has 2 aromatic heterocycles. The van der Waals surface area contributed by atoms with Gasteiger partial charge in [0.05, 0.1) is 18.8 Å². The van der Waals surface area contributed by atoms with Crippen LogP contribution in [0.5, 0.6) is 0 Å². The Bertz CT molecular complexity index is 993. The number of nitrogens with zero attached hydrogens (tertiary/aromatic N) is 2. The summed E-state index contributed by atoms with van der Waals surface area (Å²) in [7, 11) is 0. The second-order valence-corrected chi connectivity index (χ2v) is 7.56. The molecule has 0 amide bonds. The van der Waals surface area contributed by atoms with E-state index in [1.165, 1.54) is 0 Å². The van der Waals surface area contributed by atoms with E-state index >= 15 is 0 Å². The van der Waals surface area contributed by atoms with Crippen LogP contribution in [0.3, 0.4) is 0 Å². The first-order valence-corrected chi connectivity index (χ1v) is 10.2. The van der Waals surface area contributed by atoms with Crippen LogP contribution in [0.1, 0.15) is 36.5 Å². The molecule has 0 radical (unpaired) electrons. The molecule has 0 aliphatic heterocycles. The third-order valence-electron chi connectivity index (χ3n) is 4.87. The van der Waals surface area contributed by atoms with Gasteiger partial charge < -0.3 is 20.2 Å². The third kappa shape index (κ3) is 5.48. The summed E-state index contributed by atoms with van der Waals surface area (Å²) in [5.74, 6) is 2.17. The van der Waals surface area contributed by atoms with Crippen LogP contribution in [0.4, 0.5) is 0 Å². The molecule has 0 aliphatic rings. The van der Waals surface area contributed by atoms with Crippen molar-refractivity contribution in [1.82, 2.24) is 15.6 Å². The maximum atomic E-state index is 10.9. The second kappa shape index (κ2) is 9.59. The molecular weight excluding hydrogens is 376 g/mol. The highest BCUT2D eigenvalue weighted by Crippen LogP contribution is 2.26. The first kappa shape index (κ1) is 21.6. The van der Waals surface area contributed by atoms with Gasteiger partial charge >= 0.3 is 0 Å². The zero-order valence-electron chi connectivity index (χ0n) is 18.1. The van der Waals surface area contributed by atoms with Crippen molar-refractivity contribution in [2.45, 2.75) is 39.8 Å². The molecule has 0 fully saturated rings. The summed E-state index contributed by atoms with van der Waals surface area (Å²) < 4.78 is 5.57. The quantitative estimate of drug-likeness (QED) is 0.409. The highest BCUT2D eigenvalue weighted by molar-refractivity contribution is 5.79. The Labute approximate surface area is 178 Å². The number of hydrogen-bond acceptors (Lipinski definition) is 4. The molecule has 0 saturated carbocycles. The topological polar surface area (TPSA) is 82.7 Å².